The first-order valence-corrected chi connectivity index (χ1v) is 4.29. The summed E-state index contributed by atoms with van der Waals surface area (Å²) >= 11 is 0. The summed E-state index contributed by atoms with van der Waals surface area (Å²) in [6.07, 6.45) is 3.49. The van der Waals surface area contributed by atoms with Crippen LogP contribution in [0.5, 0.6) is 0 Å². The van der Waals surface area contributed by atoms with Gasteiger partial charge in [0.2, 0.25) is 5.91 Å². The lowest BCUT2D eigenvalue weighted by Gasteiger charge is -2.10. The second kappa shape index (κ2) is 4.26. The fraction of sp³-hybridized carbons (Fsp3) is 0.667. The van der Waals surface area contributed by atoms with Crippen molar-refractivity contribution >= 4 is 5.91 Å². The zero-order chi connectivity index (χ0) is 8.97. The standard InChI is InChI=1S/C9H15NO2/c1-3-12-7-6-8-4-5-9(11)10(8)2/h6H,3-5,7H2,1-2H3/b8-6+. The van der Waals surface area contributed by atoms with Crippen molar-refractivity contribution in [3.63, 3.8) is 0 Å². The van der Waals surface area contributed by atoms with E-state index in [-0.39, 0.29) is 5.91 Å². The number of rotatable bonds is 3. The number of nitrogens with zero attached hydrogens (tertiary/aromatic N) is 1. The van der Waals surface area contributed by atoms with Crippen LogP contribution in [0.1, 0.15) is 19.8 Å². The molecule has 1 aliphatic rings. The van der Waals surface area contributed by atoms with Gasteiger partial charge in [-0.3, -0.25) is 4.79 Å². The van der Waals surface area contributed by atoms with Gasteiger partial charge in [0.05, 0.1) is 6.61 Å². The van der Waals surface area contributed by atoms with Gasteiger partial charge in [-0.2, -0.15) is 0 Å². The first-order valence-electron chi connectivity index (χ1n) is 4.29. The Bertz CT molecular complexity index is 199. The molecule has 1 heterocycles. The first-order chi connectivity index (χ1) is 5.75. The number of carbonyl (C=O) groups is 1. The summed E-state index contributed by atoms with van der Waals surface area (Å²) in [5.74, 6) is 0.206. The highest BCUT2D eigenvalue weighted by molar-refractivity contribution is 5.80. The van der Waals surface area contributed by atoms with E-state index in [0.717, 1.165) is 18.7 Å². The van der Waals surface area contributed by atoms with Gasteiger partial charge in [-0.1, -0.05) is 0 Å². The Kier molecular flexibility index (Phi) is 3.29. The van der Waals surface area contributed by atoms with Gasteiger partial charge in [0.25, 0.3) is 0 Å². The summed E-state index contributed by atoms with van der Waals surface area (Å²) in [4.78, 5) is 12.8. The Balaban J connectivity index is 2.41. The Morgan fingerprint density at radius 1 is 1.58 bits per heavy atom. The predicted molar refractivity (Wildman–Crippen MR) is 46.6 cm³/mol. The van der Waals surface area contributed by atoms with Crippen LogP contribution in [0.15, 0.2) is 11.8 Å². The number of amides is 1. The summed E-state index contributed by atoms with van der Waals surface area (Å²) < 4.78 is 5.16. The molecule has 0 saturated carbocycles. The van der Waals surface area contributed by atoms with Gasteiger partial charge in [-0.25, -0.2) is 0 Å². The minimum absolute atomic E-state index is 0.206. The van der Waals surface area contributed by atoms with E-state index in [9.17, 15) is 4.79 Å². The highest BCUT2D eigenvalue weighted by atomic mass is 16.5. The molecule has 0 aromatic heterocycles. The van der Waals surface area contributed by atoms with Crippen LogP contribution >= 0.6 is 0 Å². The summed E-state index contributed by atoms with van der Waals surface area (Å²) in [5.41, 5.74) is 1.09. The van der Waals surface area contributed by atoms with Gasteiger partial charge in [-0.05, 0) is 19.4 Å². The molecule has 68 valence electrons. The number of hydrogen-bond donors (Lipinski definition) is 0. The number of allylic oxidation sites excluding steroid dienone is 1. The Morgan fingerprint density at radius 3 is 2.83 bits per heavy atom. The van der Waals surface area contributed by atoms with Crippen LogP contribution in [-0.4, -0.2) is 31.1 Å². The predicted octanol–water partition coefficient (Wildman–Crippen LogP) is 1.16. The van der Waals surface area contributed by atoms with E-state index in [1.807, 2.05) is 20.0 Å². The van der Waals surface area contributed by atoms with Crippen LogP contribution in [0, 0.1) is 0 Å². The highest BCUT2D eigenvalue weighted by Gasteiger charge is 2.20. The Labute approximate surface area is 73.0 Å². The smallest absolute Gasteiger partial charge is 0.226 e. The van der Waals surface area contributed by atoms with Crippen molar-refractivity contribution in [1.29, 1.82) is 0 Å². The molecular formula is C9H15NO2. The maximum absolute atomic E-state index is 11.1. The van der Waals surface area contributed by atoms with Gasteiger partial charge >= 0.3 is 0 Å². The molecule has 0 unspecified atom stereocenters. The molecule has 3 heteroatoms. The summed E-state index contributed by atoms with van der Waals surface area (Å²) in [6, 6.07) is 0. The zero-order valence-corrected chi connectivity index (χ0v) is 7.67. The number of ether oxygens (including phenoxy) is 1. The van der Waals surface area contributed by atoms with E-state index in [1.165, 1.54) is 0 Å². The topological polar surface area (TPSA) is 29.5 Å². The van der Waals surface area contributed by atoms with E-state index < -0.39 is 0 Å². The van der Waals surface area contributed by atoms with Crippen molar-refractivity contribution in [3.8, 4) is 0 Å². The molecule has 0 N–H and O–H groups in total. The van der Waals surface area contributed by atoms with Crippen molar-refractivity contribution in [2.24, 2.45) is 0 Å². The zero-order valence-electron chi connectivity index (χ0n) is 7.67. The Hall–Kier alpha value is -0.830. The third kappa shape index (κ3) is 2.08. The van der Waals surface area contributed by atoms with Crippen molar-refractivity contribution in [2.45, 2.75) is 19.8 Å². The van der Waals surface area contributed by atoms with Crippen molar-refractivity contribution in [2.75, 3.05) is 20.3 Å². The molecule has 0 radical (unpaired) electrons. The fourth-order valence-electron chi connectivity index (χ4n) is 1.24. The SMILES string of the molecule is CCOC/C=C1\CCC(=O)N1C. The van der Waals surface area contributed by atoms with Gasteiger partial charge in [0.15, 0.2) is 0 Å². The molecule has 0 atom stereocenters. The van der Waals surface area contributed by atoms with Crippen molar-refractivity contribution in [1.82, 2.24) is 4.90 Å². The molecule has 0 bridgehead atoms. The summed E-state index contributed by atoms with van der Waals surface area (Å²) in [7, 11) is 1.81. The molecule has 12 heavy (non-hydrogen) atoms. The third-order valence-electron chi connectivity index (χ3n) is 2.04. The van der Waals surface area contributed by atoms with Crippen molar-refractivity contribution < 1.29 is 9.53 Å². The average molecular weight is 169 g/mol. The molecule has 3 nitrogen and oxygen atoms in total. The average Bonchev–Trinajstić information content (AvgIpc) is 2.36. The van der Waals surface area contributed by atoms with Crippen molar-refractivity contribution in [3.05, 3.63) is 11.8 Å². The van der Waals surface area contributed by atoms with Crippen LogP contribution in [0.3, 0.4) is 0 Å². The molecule has 0 aromatic carbocycles. The molecule has 1 amide bonds. The molecule has 0 spiro atoms. The molecule has 1 fully saturated rings. The van der Waals surface area contributed by atoms with E-state index in [4.69, 9.17) is 4.74 Å². The van der Waals surface area contributed by atoms with Gasteiger partial charge in [-0.15, -0.1) is 0 Å². The first kappa shape index (κ1) is 9.26. The van der Waals surface area contributed by atoms with Crippen LogP contribution in [0.25, 0.3) is 0 Å². The van der Waals surface area contributed by atoms with E-state index in [0.29, 0.717) is 13.0 Å². The number of likely N-dealkylation sites (tertiary alicyclic amines) is 1. The minimum atomic E-state index is 0.206. The lowest BCUT2D eigenvalue weighted by atomic mass is 10.3. The number of carbonyl (C=O) groups excluding carboxylic acids is 1. The molecule has 1 aliphatic heterocycles. The Morgan fingerprint density at radius 2 is 2.33 bits per heavy atom. The largest absolute Gasteiger partial charge is 0.378 e. The van der Waals surface area contributed by atoms with Gasteiger partial charge < -0.3 is 9.64 Å². The van der Waals surface area contributed by atoms with E-state index >= 15 is 0 Å². The monoisotopic (exact) mass is 169 g/mol. The lowest BCUT2D eigenvalue weighted by Crippen LogP contribution is -2.17. The lowest BCUT2D eigenvalue weighted by molar-refractivity contribution is -0.125. The molecular weight excluding hydrogens is 154 g/mol. The van der Waals surface area contributed by atoms with Crippen LogP contribution in [-0.2, 0) is 9.53 Å². The summed E-state index contributed by atoms with van der Waals surface area (Å²) in [5, 5.41) is 0. The molecule has 0 aromatic rings. The van der Waals surface area contributed by atoms with Crippen LogP contribution < -0.4 is 0 Å². The fourth-order valence-corrected chi connectivity index (χ4v) is 1.24. The van der Waals surface area contributed by atoms with Gasteiger partial charge in [0.1, 0.15) is 0 Å². The molecule has 1 saturated heterocycles. The van der Waals surface area contributed by atoms with E-state index in [2.05, 4.69) is 0 Å². The maximum atomic E-state index is 11.1. The molecule has 1 rings (SSSR count). The number of hydrogen-bond acceptors (Lipinski definition) is 2. The second-order valence-electron chi connectivity index (χ2n) is 2.81. The van der Waals surface area contributed by atoms with Crippen LogP contribution in [0.4, 0.5) is 0 Å². The normalized spacial score (nSPS) is 21.0. The highest BCUT2D eigenvalue weighted by Crippen LogP contribution is 2.19. The van der Waals surface area contributed by atoms with Crippen LogP contribution in [0.2, 0.25) is 0 Å². The molecule has 0 aliphatic carbocycles. The minimum Gasteiger partial charge on any atom is -0.378 e. The second-order valence-corrected chi connectivity index (χ2v) is 2.81. The van der Waals surface area contributed by atoms with E-state index in [1.54, 1.807) is 4.90 Å². The quantitative estimate of drug-likeness (QED) is 0.593. The van der Waals surface area contributed by atoms with Gasteiger partial charge in [0, 0.05) is 25.8 Å². The maximum Gasteiger partial charge on any atom is 0.226 e. The third-order valence-corrected chi connectivity index (χ3v) is 2.04. The summed E-state index contributed by atoms with van der Waals surface area (Å²) in [6.45, 7) is 3.30.